The van der Waals surface area contributed by atoms with Crippen LogP contribution in [0, 0.1) is 17.2 Å². The summed E-state index contributed by atoms with van der Waals surface area (Å²) in [6.07, 6.45) is 0. The van der Waals surface area contributed by atoms with Gasteiger partial charge in [-0.05, 0) is 19.1 Å². The van der Waals surface area contributed by atoms with E-state index in [-0.39, 0.29) is 17.0 Å². The molecule has 2 aromatic rings. The number of fused-ring (bicyclic) bond motifs is 1. The minimum Gasteiger partial charge on any atom is -0.340 e. The van der Waals surface area contributed by atoms with Crippen molar-refractivity contribution in [3.8, 4) is 6.07 Å². The molecule has 5 heteroatoms. The highest BCUT2D eigenvalue weighted by atomic mass is 35.5. The molecule has 0 spiro atoms. The fraction of sp³-hybridized carbons (Fsp3) is 0.267. The molecule has 0 aliphatic carbocycles. The fourth-order valence-corrected chi connectivity index (χ4v) is 2.26. The Morgan fingerprint density at radius 2 is 2.20 bits per heavy atom. The Bertz CT molecular complexity index is 693. The maximum Gasteiger partial charge on any atom is 0.254 e. The van der Waals surface area contributed by atoms with Crippen molar-refractivity contribution in [3.63, 3.8) is 0 Å². The molecule has 4 nitrogen and oxygen atoms in total. The van der Waals surface area contributed by atoms with Crippen LogP contribution in [0.2, 0.25) is 5.15 Å². The number of carbonyl (C=O) groups excluding carboxylic acids is 1. The third kappa shape index (κ3) is 2.89. The molecule has 1 amide bonds. The van der Waals surface area contributed by atoms with Gasteiger partial charge in [-0.15, -0.1) is 0 Å². The summed E-state index contributed by atoms with van der Waals surface area (Å²) in [7, 11) is 1.68. The maximum absolute atomic E-state index is 12.5. The first-order valence-corrected chi connectivity index (χ1v) is 6.61. The number of pyridine rings is 1. The van der Waals surface area contributed by atoms with Crippen LogP contribution in [0.1, 0.15) is 17.3 Å². The topological polar surface area (TPSA) is 57.0 Å². The van der Waals surface area contributed by atoms with Gasteiger partial charge in [0, 0.05) is 19.0 Å². The minimum absolute atomic E-state index is 0.160. The van der Waals surface area contributed by atoms with Gasteiger partial charge in [0.25, 0.3) is 5.91 Å². The predicted octanol–water partition coefficient (Wildman–Crippen LogP) is 3.12. The first kappa shape index (κ1) is 14.3. The number of rotatable bonds is 3. The van der Waals surface area contributed by atoms with Crippen molar-refractivity contribution in [1.82, 2.24) is 9.88 Å². The number of aromatic nitrogens is 1. The van der Waals surface area contributed by atoms with Crippen molar-refractivity contribution in [2.24, 2.45) is 5.92 Å². The summed E-state index contributed by atoms with van der Waals surface area (Å²) in [5, 5.41) is 9.88. The van der Waals surface area contributed by atoms with E-state index in [1.165, 1.54) is 4.90 Å². The molecule has 102 valence electrons. The van der Waals surface area contributed by atoms with Gasteiger partial charge in [-0.25, -0.2) is 4.98 Å². The molecule has 0 bridgehead atoms. The third-order valence-corrected chi connectivity index (χ3v) is 3.22. The molecule has 1 unspecified atom stereocenters. The summed E-state index contributed by atoms with van der Waals surface area (Å²) < 4.78 is 0. The summed E-state index contributed by atoms with van der Waals surface area (Å²) in [6.45, 7) is 2.16. The minimum atomic E-state index is -0.215. The zero-order valence-electron chi connectivity index (χ0n) is 11.3. The highest BCUT2D eigenvalue weighted by molar-refractivity contribution is 6.30. The van der Waals surface area contributed by atoms with Crippen LogP contribution in [0.25, 0.3) is 10.9 Å². The van der Waals surface area contributed by atoms with Crippen LogP contribution in [0.4, 0.5) is 0 Å². The Hall–Kier alpha value is -2.12. The lowest BCUT2D eigenvalue weighted by molar-refractivity contribution is 0.0787. The molecule has 0 aliphatic rings. The summed E-state index contributed by atoms with van der Waals surface area (Å²) in [4.78, 5) is 18.2. The molecule has 0 fully saturated rings. The zero-order chi connectivity index (χ0) is 14.7. The van der Waals surface area contributed by atoms with Gasteiger partial charge >= 0.3 is 0 Å². The van der Waals surface area contributed by atoms with Crippen molar-refractivity contribution >= 4 is 28.4 Å². The molecule has 20 heavy (non-hydrogen) atoms. The number of amides is 1. The molecule has 1 aromatic heterocycles. The van der Waals surface area contributed by atoms with Gasteiger partial charge in [0.15, 0.2) is 0 Å². The number of hydrogen-bond acceptors (Lipinski definition) is 3. The predicted molar refractivity (Wildman–Crippen MR) is 78.5 cm³/mol. The third-order valence-electron chi connectivity index (χ3n) is 3.03. The first-order chi connectivity index (χ1) is 9.52. The highest BCUT2D eigenvalue weighted by Gasteiger charge is 2.17. The lowest BCUT2D eigenvalue weighted by Crippen LogP contribution is -2.30. The van der Waals surface area contributed by atoms with Crippen LogP contribution < -0.4 is 0 Å². The van der Waals surface area contributed by atoms with Crippen LogP contribution in [0.5, 0.6) is 0 Å². The number of halogens is 1. The molecular weight excluding hydrogens is 274 g/mol. The zero-order valence-corrected chi connectivity index (χ0v) is 12.1. The first-order valence-electron chi connectivity index (χ1n) is 6.23. The van der Waals surface area contributed by atoms with E-state index in [0.717, 1.165) is 5.39 Å². The second-order valence-electron chi connectivity index (χ2n) is 4.73. The molecule has 0 saturated carbocycles. The van der Waals surface area contributed by atoms with Gasteiger partial charge in [-0.2, -0.15) is 5.26 Å². The van der Waals surface area contributed by atoms with Crippen molar-refractivity contribution in [3.05, 3.63) is 41.0 Å². The van der Waals surface area contributed by atoms with Crippen LogP contribution in [0.3, 0.4) is 0 Å². The second-order valence-corrected chi connectivity index (χ2v) is 5.11. The molecule has 0 radical (unpaired) electrons. The molecule has 0 aliphatic heterocycles. The van der Waals surface area contributed by atoms with E-state index in [2.05, 4.69) is 11.1 Å². The number of benzene rings is 1. The number of nitrogens with zero attached hydrogens (tertiary/aromatic N) is 3. The van der Waals surface area contributed by atoms with E-state index in [1.54, 1.807) is 20.0 Å². The number of hydrogen-bond donors (Lipinski definition) is 0. The Morgan fingerprint density at radius 3 is 2.90 bits per heavy atom. The number of para-hydroxylation sites is 1. The SMILES string of the molecule is CC(C#N)CN(C)C(=O)c1cc(Cl)nc2ccccc12. The van der Waals surface area contributed by atoms with Crippen LogP contribution in [0.15, 0.2) is 30.3 Å². The largest absolute Gasteiger partial charge is 0.340 e. The van der Waals surface area contributed by atoms with E-state index in [0.29, 0.717) is 17.6 Å². The van der Waals surface area contributed by atoms with Gasteiger partial charge in [-0.1, -0.05) is 29.8 Å². The Morgan fingerprint density at radius 1 is 1.50 bits per heavy atom. The average Bonchev–Trinajstić information content (AvgIpc) is 2.45. The standard InChI is InChI=1S/C15H14ClN3O/c1-10(8-17)9-19(2)15(20)12-7-14(16)18-13-6-4-3-5-11(12)13/h3-7,10H,9H2,1-2H3. The van der Waals surface area contributed by atoms with Crippen LogP contribution in [-0.2, 0) is 0 Å². The van der Waals surface area contributed by atoms with E-state index >= 15 is 0 Å². The molecule has 1 heterocycles. The quantitative estimate of drug-likeness (QED) is 0.815. The van der Waals surface area contributed by atoms with E-state index < -0.39 is 0 Å². The number of nitriles is 1. The maximum atomic E-state index is 12.5. The van der Waals surface area contributed by atoms with Crippen molar-refractivity contribution in [2.75, 3.05) is 13.6 Å². The molecular formula is C15H14ClN3O. The van der Waals surface area contributed by atoms with Crippen LogP contribution in [-0.4, -0.2) is 29.4 Å². The lowest BCUT2D eigenvalue weighted by Gasteiger charge is -2.19. The average molecular weight is 288 g/mol. The van der Waals surface area contributed by atoms with E-state index in [1.807, 2.05) is 24.3 Å². The second kappa shape index (κ2) is 5.89. The fourth-order valence-electron chi connectivity index (χ4n) is 2.06. The smallest absolute Gasteiger partial charge is 0.254 e. The van der Waals surface area contributed by atoms with Gasteiger partial charge in [0.2, 0.25) is 0 Å². The van der Waals surface area contributed by atoms with Gasteiger partial charge in [0.1, 0.15) is 5.15 Å². The van der Waals surface area contributed by atoms with Crippen LogP contribution >= 0.6 is 11.6 Å². The van der Waals surface area contributed by atoms with Gasteiger partial charge < -0.3 is 4.90 Å². The molecule has 0 saturated heterocycles. The summed E-state index contributed by atoms with van der Waals surface area (Å²) in [6, 6.07) is 11.0. The van der Waals surface area contributed by atoms with Crippen molar-refractivity contribution in [2.45, 2.75) is 6.92 Å². The monoisotopic (exact) mass is 287 g/mol. The molecule has 2 rings (SSSR count). The normalized spacial score (nSPS) is 11.9. The Kier molecular flexibility index (Phi) is 4.21. The van der Waals surface area contributed by atoms with E-state index in [9.17, 15) is 4.79 Å². The molecule has 1 aromatic carbocycles. The lowest BCUT2D eigenvalue weighted by atomic mass is 10.1. The summed E-state index contributed by atoms with van der Waals surface area (Å²) in [5.74, 6) is -0.375. The Balaban J connectivity index is 2.42. The Labute approximate surface area is 122 Å². The van der Waals surface area contributed by atoms with Crippen molar-refractivity contribution < 1.29 is 4.79 Å². The van der Waals surface area contributed by atoms with Gasteiger partial charge in [-0.3, -0.25) is 4.79 Å². The summed E-state index contributed by atoms with van der Waals surface area (Å²) in [5.41, 5.74) is 1.19. The summed E-state index contributed by atoms with van der Waals surface area (Å²) >= 11 is 5.97. The number of carbonyl (C=O) groups is 1. The van der Waals surface area contributed by atoms with E-state index in [4.69, 9.17) is 16.9 Å². The van der Waals surface area contributed by atoms with Gasteiger partial charge in [0.05, 0.1) is 23.1 Å². The molecule has 1 atom stereocenters. The highest BCUT2D eigenvalue weighted by Crippen LogP contribution is 2.22. The molecule has 0 N–H and O–H groups in total. The van der Waals surface area contributed by atoms with Crippen molar-refractivity contribution in [1.29, 1.82) is 5.26 Å².